The Balaban J connectivity index is -0.000000320. The van der Waals surface area contributed by atoms with E-state index in [0.29, 0.717) is 0 Å². The van der Waals surface area contributed by atoms with E-state index < -0.39 is 17.9 Å². The van der Waals surface area contributed by atoms with Crippen molar-refractivity contribution in [1.82, 2.24) is 0 Å². The molecular formula is C5H6KNaO4. The monoisotopic (exact) mass is 192 g/mol. The molecule has 0 aromatic rings. The zero-order chi connectivity index (χ0) is 7.44. The van der Waals surface area contributed by atoms with Gasteiger partial charge in [-0.25, -0.2) is 0 Å². The molecule has 0 aromatic carbocycles. The van der Waals surface area contributed by atoms with E-state index in [-0.39, 0.29) is 87.4 Å². The van der Waals surface area contributed by atoms with Gasteiger partial charge in [-0.15, -0.1) is 0 Å². The number of carbonyl (C=O) groups excluding carboxylic acids is 2. The van der Waals surface area contributed by atoms with Gasteiger partial charge in [0, 0.05) is 5.92 Å². The van der Waals surface area contributed by atoms with Crippen molar-refractivity contribution in [2.75, 3.05) is 0 Å². The minimum Gasteiger partial charge on any atom is -0.549 e. The van der Waals surface area contributed by atoms with Gasteiger partial charge in [-0.3, -0.25) is 0 Å². The maximum atomic E-state index is 9.84. The summed E-state index contributed by atoms with van der Waals surface area (Å²) in [6.07, 6.45) is 0.00463. The van der Waals surface area contributed by atoms with Crippen LogP contribution in [0.15, 0.2) is 0 Å². The molecule has 0 saturated carbocycles. The van der Waals surface area contributed by atoms with Crippen molar-refractivity contribution in [3.8, 4) is 0 Å². The maximum Gasteiger partial charge on any atom is 1.00 e. The van der Waals surface area contributed by atoms with Crippen LogP contribution >= 0.6 is 0 Å². The Bertz CT molecular complexity index is 124. The number of carboxylic acid groups (broad SMARTS) is 2. The number of aliphatic carboxylic acids is 2. The SMILES string of the molecule is CCC(C(=O)[O-])C(=O)[O-].[K+].[Na+]. The van der Waals surface area contributed by atoms with E-state index in [0.717, 1.165) is 0 Å². The Kier molecular flexibility index (Phi) is 16.1. The van der Waals surface area contributed by atoms with Crippen molar-refractivity contribution < 1.29 is 101 Å². The van der Waals surface area contributed by atoms with Crippen LogP contribution in [-0.4, -0.2) is 11.9 Å². The number of hydrogen-bond donors (Lipinski definition) is 0. The quantitative estimate of drug-likeness (QED) is 0.328. The van der Waals surface area contributed by atoms with E-state index in [1.165, 1.54) is 6.92 Å². The normalized spacial score (nSPS) is 7.82. The van der Waals surface area contributed by atoms with Crippen molar-refractivity contribution in [2.45, 2.75) is 13.3 Å². The molecule has 0 rings (SSSR count). The summed E-state index contributed by atoms with van der Waals surface area (Å²) in [6, 6.07) is 0. The molecule has 0 unspecified atom stereocenters. The average Bonchev–Trinajstić information content (AvgIpc) is 1.64. The van der Waals surface area contributed by atoms with Gasteiger partial charge in [-0.2, -0.15) is 0 Å². The van der Waals surface area contributed by atoms with Crippen LogP contribution in [0.4, 0.5) is 0 Å². The third-order valence-electron chi connectivity index (χ3n) is 0.977. The van der Waals surface area contributed by atoms with Gasteiger partial charge in [-0.1, -0.05) is 6.92 Å². The average molecular weight is 192 g/mol. The second-order valence-corrected chi connectivity index (χ2v) is 1.60. The van der Waals surface area contributed by atoms with Gasteiger partial charge >= 0.3 is 80.9 Å². The van der Waals surface area contributed by atoms with E-state index in [1.54, 1.807) is 0 Å². The molecule has 0 saturated heterocycles. The molecule has 11 heavy (non-hydrogen) atoms. The molecule has 0 bridgehead atoms. The van der Waals surface area contributed by atoms with Crippen LogP contribution < -0.4 is 91.2 Å². The molecule has 0 aromatic heterocycles. The summed E-state index contributed by atoms with van der Waals surface area (Å²) in [5.74, 6) is -4.64. The van der Waals surface area contributed by atoms with Crippen LogP contribution in [0.25, 0.3) is 0 Å². The van der Waals surface area contributed by atoms with Gasteiger partial charge in [-0.05, 0) is 6.42 Å². The summed E-state index contributed by atoms with van der Waals surface area (Å²) >= 11 is 0. The molecule has 52 valence electrons. The van der Waals surface area contributed by atoms with Gasteiger partial charge in [0.15, 0.2) is 0 Å². The first-order valence-corrected chi connectivity index (χ1v) is 2.51. The Morgan fingerprint density at radius 2 is 1.55 bits per heavy atom. The molecule has 0 spiro atoms. The molecular weight excluding hydrogens is 186 g/mol. The van der Waals surface area contributed by atoms with Gasteiger partial charge in [0.2, 0.25) is 0 Å². The van der Waals surface area contributed by atoms with Crippen molar-refractivity contribution >= 4 is 11.9 Å². The first kappa shape index (κ1) is 18.4. The van der Waals surface area contributed by atoms with Crippen LogP contribution in [0.5, 0.6) is 0 Å². The van der Waals surface area contributed by atoms with E-state index in [2.05, 4.69) is 0 Å². The molecule has 4 nitrogen and oxygen atoms in total. The first-order chi connectivity index (χ1) is 4.09. The first-order valence-electron chi connectivity index (χ1n) is 2.51. The van der Waals surface area contributed by atoms with Crippen molar-refractivity contribution in [3.05, 3.63) is 0 Å². The second-order valence-electron chi connectivity index (χ2n) is 1.60. The topological polar surface area (TPSA) is 80.3 Å². The number of carboxylic acids is 2. The van der Waals surface area contributed by atoms with Crippen molar-refractivity contribution in [1.29, 1.82) is 0 Å². The van der Waals surface area contributed by atoms with E-state index >= 15 is 0 Å². The molecule has 0 N–H and O–H groups in total. The minimum absolute atomic E-state index is 0. The Morgan fingerprint density at radius 3 is 1.55 bits per heavy atom. The van der Waals surface area contributed by atoms with Gasteiger partial charge in [0.25, 0.3) is 0 Å². The summed E-state index contributed by atoms with van der Waals surface area (Å²) in [5, 5.41) is 19.7. The van der Waals surface area contributed by atoms with Crippen LogP contribution in [0.3, 0.4) is 0 Å². The van der Waals surface area contributed by atoms with Crippen LogP contribution in [-0.2, 0) is 9.59 Å². The van der Waals surface area contributed by atoms with Crippen LogP contribution in [0.2, 0.25) is 0 Å². The van der Waals surface area contributed by atoms with Crippen LogP contribution in [0, 0.1) is 5.92 Å². The predicted molar refractivity (Wildman–Crippen MR) is 23.8 cm³/mol. The zero-order valence-corrected chi connectivity index (χ0v) is 12.0. The third kappa shape index (κ3) is 7.92. The summed E-state index contributed by atoms with van der Waals surface area (Å²) in [7, 11) is 0. The Morgan fingerprint density at radius 1 is 1.27 bits per heavy atom. The van der Waals surface area contributed by atoms with Crippen molar-refractivity contribution in [2.24, 2.45) is 5.92 Å². The fraction of sp³-hybridized carbons (Fsp3) is 0.600. The minimum atomic E-state index is -1.59. The standard InChI is InChI=1S/C5H8O4.K.Na/c1-2-3(4(6)7)5(8)9;;/h3H,2H2,1H3,(H,6,7)(H,8,9);;/q;2*+1/p-2. The second kappa shape index (κ2) is 9.66. The Hall–Kier alpha value is 1.58. The fourth-order valence-electron chi connectivity index (χ4n) is 0.430. The summed E-state index contributed by atoms with van der Waals surface area (Å²) in [6.45, 7) is 1.44. The Labute approximate surface area is 129 Å². The molecule has 6 heteroatoms. The molecule has 0 fully saturated rings. The fourth-order valence-corrected chi connectivity index (χ4v) is 0.430. The molecule has 0 heterocycles. The molecule has 0 amide bonds. The van der Waals surface area contributed by atoms with Gasteiger partial charge < -0.3 is 19.8 Å². The summed E-state index contributed by atoms with van der Waals surface area (Å²) in [5.41, 5.74) is 0. The molecule has 0 aliphatic carbocycles. The molecule has 0 aliphatic heterocycles. The zero-order valence-electron chi connectivity index (χ0n) is 6.92. The summed E-state index contributed by atoms with van der Waals surface area (Å²) < 4.78 is 0. The smallest absolute Gasteiger partial charge is 0.549 e. The summed E-state index contributed by atoms with van der Waals surface area (Å²) in [4.78, 5) is 19.7. The molecule has 0 radical (unpaired) electrons. The van der Waals surface area contributed by atoms with E-state index in [1.807, 2.05) is 0 Å². The van der Waals surface area contributed by atoms with Crippen LogP contribution in [0.1, 0.15) is 13.3 Å². The van der Waals surface area contributed by atoms with Gasteiger partial charge in [0.1, 0.15) is 0 Å². The van der Waals surface area contributed by atoms with Crippen molar-refractivity contribution in [3.63, 3.8) is 0 Å². The number of carbonyl (C=O) groups is 2. The van der Waals surface area contributed by atoms with Gasteiger partial charge in [0.05, 0.1) is 11.9 Å². The molecule has 0 aliphatic rings. The maximum absolute atomic E-state index is 9.84. The van der Waals surface area contributed by atoms with E-state index in [9.17, 15) is 19.8 Å². The van der Waals surface area contributed by atoms with E-state index in [4.69, 9.17) is 0 Å². The molecule has 0 atom stereocenters. The number of hydrogen-bond acceptors (Lipinski definition) is 4. The third-order valence-corrected chi connectivity index (χ3v) is 0.977. The largest absolute Gasteiger partial charge is 1.00 e. The predicted octanol–water partition coefficient (Wildman–Crippen LogP) is -8.48. The number of rotatable bonds is 3.